The summed E-state index contributed by atoms with van der Waals surface area (Å²) in [6.45, 7) is 0.664. The Morgan fingerprint density at radius 2 is 1.95 bits per heavy atom. The highest BCUT2D eigenvalue weighted by molar-refractivity contribution is 7.98. The van der Waals surface area contributed by atoms with Crippen LogP contribution in [0.1, 0.15) is 31.2 Å². The molecule has 0 spiro atoms. The van der Waals surface area contributed by atoms with Crippen LogP contribution >= 0.6 is 23.4 Å². The first-order chi connectivity index (χ1) is 9.45. The molecule has 0 bridgehead atoms. The molecule has 0 aliphatic heterocycles. The summed E-state index contributed by atoms with van der Waals surface area (Å²) < 4.78 is 37.3. The van der Waals surface area contributed by atoms with Crippen LogP contribution in [-0.2, 0) is 6.18 Å². The summed E-state index contributed by atoms with van der Waals surface area (Å²) in [7, 11) is 0. The molecule has 20 heavy (non-hydrogen) atoms. The molecule has 1 rings (SSSR count). The molecule has 0 aliphatic carbocycles. The summed E-state index contributed by atoms with van der Waals surface area (Å²) in [5.41, 5.74) is -0.829. The van der Waals surface area contributed by atoms with Crippen LogP contribution in [0.2, 0.25) is 5.02 Å². The summed E-state index contributed by atoms with van der Waals surface area (Å²) in [5, 5.41) is 2.97. The first kappa shape index (κ1) is 17.4. The molecule has 0 aromatic carbocycles. The van der Waals surface area contributed by atoms with Crippen LogP contribution in [0.3, 0.4) is 0 Å². The van der Waals surface area contributed by atoms with Crippen molar-refractivity contribution in [3.8, 4) is 0 Å². The highest BCUT2D eigenvalue weighted by Crippen LogP contribution is 2.32. The lowest BCUT2D eigenvalue weighted by atomic mass is 10.2. The van der Waals surface area contributed by atoms with E-state index in [2.05, 4.69) is 16.6 Å². The molecule has 2 nitrogen and oxygen atoms in total. The first-order valence-electron chi connectivity index (χ1n) is 6.40. The van der Waals surface area contributed by atoms with Crippen molar-refractivity contribution in [2.24, 2.45) is 0 Å². The standard InChI is InChI=1S/C13H18ClF3N2S/c1-20-7-5-3-2-4-6-18-12-11(14)8-10(9-19-12)13(15,16)17/h8-9H,2-7H2,1H3,(H,18,19). The van der Waals surface area contributed by atoms with Gasteiger partial charge in [-0.3, -0.25) is 0 Å². The van der Waals surface area contributed by atoms with Crippen molar-refractivity contribution in [1.82, 2.24) is 4.98 Å². The Balaban J connectivity index is 2.34. The van der Waals surface area contributed by atoms with E-state index in [1.54, 1.807) is 0 Å². The third-order valence-corrected chi connectivity index (χ3v) is 3.72. The van der Waals surface area contributed by atoms with E-state index in [1.807, 2.05) is 11.8 Å². The number of alkyl halides is 3. The van der Waals surface area contributed by atoms with Crippen molar-refractivity contribution >= 4 is 29.2 Å². The number of nitrogens with one attached hydrogen (secondary N) is 1. The molecule has 0 saturated heterocycles. The number of halogens is 4. The van der Waals surface area contributed by atoms with Crippen molar-refractivity contribution in [2.45, 2.75) is 31.9 Å². The number of pyridine rings is 1. The molecule has 7 heteroatoms. The van der Waals surface area contributed by atoms with Gasteiger partial charge in [0.1, 0.15) is 5.82 Å². The van der Waals surface area contributed by atoms with Crippen LogP contribution in [-0.4, -0.2) is 23.5 Å². The largest absolute Gasteiger partial charge is 0.417 e. The Morgan fingerprint density at radius 1 is 1.25 bits per heavy atom. The average molecular weight is 327 g/mol. The number of rotatable bonds is 8. The molecular formula is C13H18ClF3N2S. The van der Waals surface area contributed by atoms with Gasteiger partial charge in [-0.1, -0.05) is 24.4 Å². The van der Waals surface area contributed by atoms with E-state index in [-0.39, 0.29) is 5.02 Å². The van der Waals surface area contributed by atoms with Gasteiger partial charge < -0.3 is 5.32 Å². The van der Waals surface area contributed by atoms with Gasteiger partial charge in [0.15, 0.2) is 0 Å². The smallest absolute Gasteiger partial charge is 0.369 e. The van der Waals surface area contributed by atoms with Gasteiger partial charge in [-0.25, -0.2) is 4.98 Å². The summed E-state index contributed by atoms with van der Waals surface area (Å²) in [6, 6.07) is 0.898. The van der Waals surface area contributed by atoms with Gasteiger partial charge in [0.25, 0.3) is 0 Å². The molecule has 1 heterocycles. The predicted molar refractivity (Wildman–Crippen MR) is 79.6 cm³/mol. The molecule has 1 aromatic rings. The van der Waals surface area contributed by atoms with Gasteiger partial charge in [0.2, 0.25) is 0 Å². The van der Waals surface area contributed by atoms with Crippen molar-refractivity contribution in [1.29, 1.82) is 0 Å². The van der Waals surface area contributed by atoms with Gasteiger partial charge >= 0.3 is 6.18 Å². The molecular weight excluding hydrogens is 309 g/mol. The number of anilines is 1. The molecule has 0 amide bonds. The lowest BCUT2D eigenvalue weighted by molar-refractivity contribution is -0.137. The van der Waals surface area contributed by atoms with E-state index < -0.39 is 11.7 Å². The Kier molecular flexibility index (Phi) is 7.51. The van der Waals surface area contributed by atoms with E-state index >= 15 is 0 Å². The molecule has 0 fully saturated rings. The minimum Gasteiger partial charge on any atom is -0.369 e. The number of unbranched alkanes of at least 4 members (excludes halogenated alkanes) is 3. The number of nitrogens with zero attached hydrogens (tertiary/aromatic N) is 1. The van der Waals surface area contributed by atoms with Crippen LogP contribution in [0.5, 0.6) is 0 Å². The molecule has 0 unspecified atom stereocenters. The van der Waals surface area contributed by atoms with Crippen LogP contribution in [0.25, 0.3) is 0 Å². The van der Waals surface area contributed by atoms with Crippen LogP contribution < -0.4 is 5.32 Å². The van der Waals surface area contributed by atoms with E-state index in [0.29, 0.717) is 12.4 Å². The molecule has 1 aromatic heterocycles. The quantitative estimate of drug-likeness (QED) is 0.674. The van der Waals surface area contributed by atoms with Gasteiger partial charge in [0, 0.05) is 12.7 Å². The average Bonchev–Trinajstić information content (AvgIpc) is 2.38. The Hall–Kier alpha value is -0.620. The summed E-state index contributed by atoms with van der Waals surface area (Å²) >= 11 is 7.62. The minimum atomic E-state index is -4.41. The van der Waals surface area contributed by atoms with E-state index in [1.165, 1.54) is 12.2 Å². The number of hydrogen-bond donors (Lipinski definition) is 1. The molecule has 0 aliphatic rings. The molecule has 0 atom stereocenters. The Bertz CT molecular complexity index is 413. The Morgan fingerprint density at radius 3 is 2.55 bits per heavy atom. The number of thioether (sulfide) groups is 1. The van der Waals surface area contributed by atoms with Crippen molar-refractivity contribution in [2.75, 3.05) is 23.9 Å². The topological polar surface area (TPSA) is 24.9 Å². The maximum Gasteiger partial charge on any atom is 0.417 e. The normalized spacial score (nSPS) is 11.7. The second-order valence-corrected chi connectivity index (χ2v) is 5.78. The summed E-state index contributed by atoms with van der Waals surface area (Å²) in [4.78, 5) is 3.73. The fourth-order valence-electron chi connectivity index (χ4n) is 1.65. The lowest BCUT2D eigenvalue weighted by Crippen LogP contribution is -2.08. The van der Waals surface area contributed by atoms with Crippen LogP contribution in [0.15, 0.2) is 12.3 Å². The zero-order valence-electron chi connectivity index (χ0n) is 11.3. The maximum absolute atomic E-state index is 12.4. The van der Waals surface area contributed by atoms with E-state index in [9.17, 15) is 13.2 Å². The Labute approximate surface area is 126 Å². The zero-order valence-corrected chi connectivity index (χ0v) is 12.8. The SMILES string of the molecule is CSCCCCCCNc1ncc(C(F)(F)F)cc1Cl. The zero-order chi connectivity index (χ0) is 15.0. The minimum absolute atomic E-state index is 0.00204. The maximum atomic E-state index is 12.4. The van der Waals surface area contributed by atoms with Gasteiger partial charge in [-0.2, -0.15) is 24.9 Å². The third-order valence-electron chi connectivity index (χ3n) is 2.74. The number of aromatic nitrogens is 1. The summed E-state index contributed by atoms with van der Waals surface area (Å²) in [6.07, 6.45) is 2.87. The highest BCUT2D eigenvalue weighted by atomic mass is 35.5. The molecule has 0 radical (unpaired) electrons. The molecule has 1 N–H and O–H groups in total. The van der Waals surface area contributed by atoms with Crippen molar-refractivity contribution in [3.63, 3.8) is 0 Å². The van der Waals surface area contributed by atoms with E-state index in [0.717, 1.165) is 31.5 Å². The monoisotopic (exact) mass is 326 g/mol. The molecule has 0 saturated carbocycles. The second-order valence-electron chi connectivity index (χ2n) is 4.39. The first-order valence-corrected chi connectivity index (χ1v) is 8.18. The predicted octanol–water partition coefficient (Wildman–Crippen LogP) is 5.09. The van der Waals surface area contributed by atoms with Crippen LogP contribution in [0, 0.1) is 0 Å². The third kappa shape index (κ3) is 6.22. The van der Waals surface area contributed by atoms with Crippen molar-refractivity contribution in [3.05, 3.63) is 22.8 Å². The lowest BCUT2D eigenvalue weighted by Gasteiger charge is -2.10. The second kappa shape index (κ2) is 8.62. The van der Waals surface area contributed by atoms with Gasteiger partial charge in [0.05, 0.1) is 10.6 Å². The number of hydrogen-bond acceptors (Lipinski definition) is 3. The summed E-state index contributed by atoms with van der Waals surface area (Å²) in [5.74, 6) is 1.48. The van der Waals surface area contributed by atoms with Gasteiger partial charge in [-0.05, 0) is 30.9 Å². The van der Waals surface area contributed by atoms with E-state index in [4.69, 9.17) is 11.6 Å². The highest BCUT2D eigenvalue weighted by Gasteiger charge is 2.31. The van der Waals surface area contributed by atoms with Crippen LogP contribution in [0.4, 0.5) is 19.0 Å². The fourth-order valence-corrected chi connectivity index (χ4v) is 2.38. The fraction of sp³-hybridized carbons (Fsp3) is 0.615. The molecule has 114 valence electrons. The van der Waals surface area contributed by atoms with Gasteiger partial charge in [-0.15, -0.1) is 0 Å². The van der Waals surface area contributed by atoms with Crippen molar-refractivity contribution < 1.29 is 13.2 Å².